The minimum absolute atomic E-state index is 0.00938. The largest absolute Gasteiger partial charge is 0.396 e. The van der Waals surface area contributed by atoms with Crippen molar-refractivity contribution in [2.24, 2.45) is 10.4 Å². The van der Waals surface area contributed by atoms with E-state index in [1.54, 1.807) is 19.2 Å². The smallest absolute Gasteiger partial charge is 0.320 e. The van der Waals surface area contributed by atoms with Crippen LogP contribution in [-0.2, 0) is 0 Å². The van der Waals surface area contributed by atoms with E-state index in [4.69, 9.17) is 4.99 Å². The van der Waals surface area contributed by atoms with Gasteiger partial charge in [-0.3, -0.25) is 9.89 Å². The fourth-order valence-electron chi connectivity index (χ4n) is 7.18. The highest BCUT2D eigenvalue weighted by Gasteiger charge is 2.72. The Kier molecular flexibility index (Phi) is 5.25. The van der Waals surface area contributed by atoms with Gasteiger partial charge in [0, 0.05) is 67.6 Å². The second-order valence-corrected chi connectivity index (χ2v) is 12.3. The van der Waals surface area contributed by atoms with Crippen molar-refractivity contribution < 1.29 is 14.3 Å². The van der Waals surface area contributed by atoms with Crippen molar-refractivity contribution in [3.05, 3.63) is 63.5 Å². The lowest BCUT2D eigenvalue weighted by Gasteiger charge is -2.72. The number of rotatable bonds is 6. The van der Waals surface area contributed by atoms with Crippen LogP contribution in [0.2, 0.25) is 0 Å². The standard InChI is InChI=1S/C27H31FN6O2S/c1-17-20(3-2-4-21(17)28)22-9-18(30-23(31-22)24-29-5-8-37-24)10-32-6-7-33-19(11-32)12-34(25(33)36)27-13-26(14-27,15-27)16-35/h2-5,8-9,19,22,35H,6-7,10-16H2,1H3,(H,30,31)/t19-,22-,26?,27?/m0/s1. The van der Waals surface area contributed by atoms with Gasteiger partial charge < -0.3 is 20.2 Å². The Morgan fingerprint density at radius 1 is 1.24 bits per heavy atom. The molecule has 6 aliphatic rings. The van der Waals surface area contributed by atoms with Crippen molar-refractivity contribution in [1.29, 1.82) is 0 Å². The molecular formula is C27H31FN6O2S. The number of aromatic nitrogens is 1. The Morgan fingerprint density at radius 3 is 2.84 bits per heavy atom. The van der Waals surface area contributed by atoms with Crippen LogP contribution in [0.3, 0.4) is 0 Å². The quantitative estimate of drug-likeness (QED) is 0.610. The van der Waals surface area contributed by atoms with E-state index in [9.17, 15) is 14.3 Å². The predicted molar refractivity (Wildman–Crippen MR) is 139 cm³/mol. The summed E-state index contributed by atoms with van der Waals surface area (Å²) in [6.07, 6.45) is 6.70. The molecule has 3 aliphatic carbocycles. The molecule has 4 heterocycles. The Labute approximate surface area is 219 Å². The van der Waals surface area contributed by atoms with Crippen LogP contribution in [0, 0.1) is 18.2 Å². The van der Waals surface area contributed by atoms with Crippen molar-refractivity contribution in [3.63, 3.8) is 0 Å². The summed E-state index contributed by atoms with van der Waals surface area (Å²) in [4.78, 5) is 29.1. The zero-order chi connectivity index (χ0) is 25.4. The number of aliphatic hydroxyl groups excluding tert-OH is 1. The number of amidine groups is 1. The van der Waals surface area contributed by atoms with E-state index < -0.39 is 0 Å². The molecule has 0 unspecified atom stereocenters. The topological polar surface area (TPSA) is 84.3 Å². The van der Waals surface area contributed by atoms with Crippen molar-refractivity contribution in [2.45, 2.75) is 43.8 Å². The minimum Gasteiger partial charge on any atom is -0.396 e. The summed E-state index contributed by atoms with van der Waals surface area (Å²) in [5.41, 5.74) is 2.57. The van der Waals surface area contributed by atoms with Crippen LogP contribution in [-0.4, -0.2) is 87.6 Å². The first-order valence-electron chi connectivity index (χ1n) is 13.0. The number of nitrogens with one attached hydrogen (secondary N) is 1. The van der Waals surface area contributed by atoms with Gasteiger partial charge in [0.25, 0.3) is 0 Å². The molecule has 3 aliphatic heterocycles. The summed E-state index contributed by atoms with van der Waals surface area (Å²) in [6, 6.07) is 5.22. The van der Waals surface area contributed by atoms with Crippen LogP contribution in [0.1, 0.15) is 41.4 Å². The number of urea groups is 1. The Bertz CT molecular complexity index is 1290. The van der Waals surface area contributed by atoms with Crippen LogP contribution in [0.15, 0.2) is 46.5 Å². The maximum absolute atomic E-state index is 14.4. The van der Waals surface area contributed by atoms with Crippen molar-refractivity contribution >= 4 is 23.2 Å². The normalized spacial score (nSPS) is 32.8. The molecule has 37 heavy (non-hydrogen) atoms. The van der Waals surface area contributed by atoms with E-state index in [1.807, 2.05) is 16.3 Å². The second-order valence-electron chi connectivity index (χ2n) is 11.4. The highest BCUT2D eigenvalue weighted by Crippen LogP contribution is 2.70. The molecule has 2 atom stereocenters. The van der Waals surface area contributed by atoms with E-state index >= 15 is 0 Å². The van der Waals surface area contributed by atoms with Crippen LogP contribution in [0.5, 0.6) is 0 Å². The molecule has 10 heteroatoms. The maximum Gasteiger partial charge on any atom is 0.320 e. The lowest BCUT2D eigenvalue weighted by molar-refractivity contribution is -0.217. The molecule has 2 amide bonds. The zero-order valence-electron chi connectivity index (χ0n) is 20.9. The molecule has 8 nitrogen and oxygen atoms in total. The average molecular weight is 523 g/mol. The Balaban J connectivity index is 1.08. The van der Waals surface area contributed by atoms with Crippen LogP contribution < -0.4 is 5.32 Å². The molecule has 194 valence electrons. The average Bonchev–Trinajstić information content (AvgIpc) is 3.48. The number of carbonyl (C=O) groups is 1. The molecule has 2 N–H and O–H groups in total. The number of nitrogens with zero attached hydrogens (tertiary/aromatic N) is 5. The lowest BCUT2D eigenvalue weighted by atomic mass is 9.39. The molecule has 2 bridgehead atoms. The van der Waals surface area contributed by atoms with Gasteiger partial charge in [0.15, 0.2) is 10.8 Å². The van der Waals surface area contributed by atoms with E-state index in [-0.39, 0.29) is 41.5 Å². The van der Waals surface area contributed by atoms with Gasteiger partial charge in [-0.05, 0) is 49.5 Å². The van der Waals surface area contributed by atoms with Gasteiger partial charge in [-0.25, -0.2) is 14.2 Å². The third-order valence-electron chi connectivity index (χ3n) is 9.02. The molecule has 2 aromatic rings. The van der Waals surface area contributed by atoms with Gasteiger partial charge in [0.05, 0.1) is 12.1 Å². The van der Waals surface area contributed by atoms with Gasteiger partial charge >= 0.3 is 6.03 Å². The summed E-state index contributed by atoms with van der Waals surface area (Å²) < 4.78 is 14.4. The van der Waals surface area contributed by atoms with Gasteiger partial charge in [0.1, 0.15) is 5.82 Å². The molecule has 2 saturated heterocycles. The number of amides is 2. The molecule has 1 aromatic carbocycles. The second kappa shape index (κ2) is 8.34. The Hall–Kier alpha value is -2.82. The fraction of sp³-hybridized carbons (Fsp3) is 0.519. The highest BCUT2D eigenvalue weighted by atomic mass is 32.1. The Morgan fingerprint density at radius 2 is 2.08 bits per heavy atom. The molecule has 1 aromatic heterocycles. The highest BCUT2D eigenvalue weighted by molar-refractivity contribution is 7.11. The third-order valence-corrected chi connectivity index (χ3v) is 9.80. The van der Waals surface area contributed by atoms with E-state index in [2.05, 4.69) is 26.2 Å². The van der Waals surface area contributed by atoms with Crippen molar-refractivity contribution in [2.75, 3.05) is 39.3 Å². The number of fused-ring (bicyclic) bond motifs is 1. The first-order valence-corrected chi connectivity index (χ1v) is 13.9. The monoisotopic (exact) mass is 522 g/mol. The summed E-state index contributed by atoms with van der Waals surface area (Å²) in [6.45, 7) is 5.84. The van der Waals surface area contributed by atoms with Gasteiger partial charge in [-0.2, -0.15) is 0 Å². The number of hydrogen-bond donors (Lipinski definition) is 2. The summed E-state index contributed by atoms with van der Waals surface area (Å²) in [7, 11) is 0. The van der Waals surface area contributed by atoms with Crippen molar-refractivity contribution in [1.82, 2.24) is 25.0 Å². The molecular weight excluding hydrogens is 491 g/mol. The summed E-state index contributed by atoms with van der Waals surface area (Å²) >= 11 is 1.53. The van der Waals surface area contributed by atoms with E-state index in [0.717, 1.165) is 55.2 Å². The number of piperazine rings is 1. The van der Waals surface area contributed by atoms with Gasteiger partial charge in [-0.15, -0.1) is 11.3 Å². The van der Waals surface area contributed by atoms with Crippen LogP contribution in [0.25, 0.3) is 0 Å². The van der Waals surface area contributed by atoms with E-state index in [0.29, 0.717) is 24.5 Å². The SMILES string of the molecule is Cc1c(F)cccc1[C@@H]1C=C(CN2CCN3C(=O)N(C45CC(CO)(C4)C5)C[C@@H]3C2)NC(c2nccs2)=N1. The number of halogens is 1. The number of hydrogen-bond acceptors (Lipinski definition) is 7. The molecule has 0 spiro atoms. The number of aliphatic hydroxyl groups is 1. The molecule has 0 radical (unpaired) electrons. The molecule has 8 rings (SSSR count). The summed E-state index contributed by atoms with van der Waals surface area (Å²) in [5, 5.41) is 15.9. The maximum atomic E-state index is 14.4. The first kappa shape index (κ1) is 23.3. The van der Waals surface area contributed by atoms with Crippen molar-refractivity contribution in [3.8, 4) is 0 Å². The number of benzene rings is 1. The van der Waals surface area contributed by atoms with Gasteiger partial charge in [-0.1, -0.05) is 12.1 Å². The zero-order valence-corrected chi connectivity index (χ0v) is 21.7. The number of aliphatic imine (C=N–C) groups is 1. The van der Waals surface area contributed by atoms with Crippen LogP contribution >= 0.6 is 11.3 Å². The number of carbonyl (C=O) groups excluding carboxylic acids is 1. The molecule has 3 saturated carbocycles. The van der Waals surface area contributed by atoms with E-state index in [1.165, 1.54) is 17.4 Å². The minimum atomic E-state index is -0.293. The summed E-state index contributed by atoms with van der Waals surface area (Å²) in [5.74, 6) is 0.487. The molecule has 5 fully saturated rings. The lowest BCUT2D eigenvalue weighted by Crippen LogP contribution is -2.76. The number of thiazole rings is 1. The van der Waals surface area contributed by atoms with Gasteiger partial charge in [0.2, 0.25) is 0 Å². The predicted octanol–water partition coefficient (Wildman–Crippen LogP) is 2.90. The van der Waals surface area contributed by atoms with Crippen LogP contribution in [0.4, 0.5) is 9.18 Å². The fourth-order valence-corrected chi connectivity index (χ4v) is 7.77. The first-order chi connectivity index (χ1) is 17.9. The third kappa shape index (κ3) is 3.64.